The van der Waals surface area contributed by atoms with E-state index in [4.69, 9.17) is 12.3 Å². The molecule has 0 aromatic heterocycles. The molecule has 0 bridgehead atoms. The third-order valence-electron chi connectivity index (χ3n) is 2.41. The van der Waals surface area contributed by atoms with Crippen molar-refractivity contribution in [3.05, 3.63) is 33.8 Å². The molecule has 5 heteroatoms. The van der Waals surface area contributed by atoms with Gasteiger partial charge in [0, 0.05) is 16.5 Å². The van der Waals surface area contributed by atoms with Crippen molar-refractivity contribution in [1.82, 2.24) is 5.43 Å². The van der Waals surface area contributed by atoms with Crippen molar-refractivity contribution in [2.45, 2.75) is 25.3 Å². The van der Waals surface area contributed by atoms with Crippen molar-refractivity contribution in [2.75, 3.05) is 0 Å². The lowest BCUT2D eigenvalue weighted by molar-refractivity contribution is 0.446. The molecular weight excluding hydrogens is 290 g/mol. The van der Waals surface area contributed by atoms with Gasteiger partial charge in [0.25, 0.3) is 0 Å². The van der Waals surface area contributed by atoms with Crippen LogP contribution in [0.1, 0.15) is 30.9 Å². The molecule has 0 amide bonds. The third-order valence-corrected chi connectivity index (χ3v) is 2.87. The van der Waals surface area contributed by atoms with Gasteiger partial charge in [-0.1, -0.05) is 15.9 Å². The Morgan fingerprint density at radius 3 is 2.47 bits per heavy atom. The Kier molecular flexibility index (Phi) is 5.56. The molecular formula is C12H13BrF2N2. The third kappa shape index (κ3) is 3.77. The van der Waals surface area contributed by atoms with Crippen LogP contribution < -0.4 is 11.3 Å². The van der Waals surface area contributed by atoms with E-state index in [1.165, 1.54) is 12.1 Å². The van der Waals surface area contributed by atoms with E-state index in [-0.39, 0.29) is 5.56 Å². The first-order chi connectivity index (χ1) is 8.10. The summed E-state index contributed by atoms with van der Waals surface area (Å²) in [6.45, 7) is 0. The Morgan fingerprint density at radius 1 is 1.41 bits per heavy atom. The molecule has 0 aliphatic heterocycles. The van der Waals surface area contributed by atoms with Crippen molar-refractivity contribution in [3.8, 4) is 12.3 Å². The lowest BCUT2D eigenvalue weighted by Gasteiger charge is -2.17. The summed E-state index contributed by atoms with van der Waals surface area (Å²) >= 11 is 3.02. The molecule has 0 heterocycles. The quantitative estimate of drug-likeness (QED) is 0.380. The van der Waals surface area contributed by atoms with E-state index in [9.17, 15) is 8.78 Å². The highest BCUT2D eigenvalue weighted by molar-refractivity contribution is 9.10. The summed E-state index contributed by atoms with van der Waals surface area (Å²) in [5.74, 6) is 6.54. The molecule has 0 spiro atoms. The van der Waals surface area contributed by atoms with Gasteiger partial charge in [-0.2, -0.15) is 0 Å². The number of hydrazine groups is 1. The monoisotopic (exact) mass is 302 g/mol. The van der Waals surface area contributed by atoms with Gasteiger partial charge in [-0.05, 0) is 25.0 Å². The fourth-order valence-electron chi connectivity index (χ4n) is 1.61. The Bertz CT molecular complexity index is 406. The van der Waals surface area contributed by atoms with Crippen molar-refractivity contribution in [3.63, 3.8) is 0 Å². The Balaban J connectivity index is 2.92. The number of hydrogen-bond donors (Lipinski definition) is 2. The summed E-state index contributed by atoms with van der Waals surface area (Å²) in [6, 6.07) is 1.85. The zero-order valence-corrected chi connectivity index (χ0v) is 10.7. The molecule has 2 nitrogen and oxygen atoms in total. The summed E-state index contributed by atoms with van der Waals surface area (Å²) in [5.41, 5.74) is 2.37. The van der Waals surface area contributed by atoms with Gasteiger partial charge in [-0.25, -0.2) is 8.78 Å². The van der Waals surface area contributed by atoms with E-state index >= 15 is 0 Å². The lowest BCUT2D eigenvalue weighted by atomic mass is 10.0. The fraction of sp³-hybridized carbons (Fsp3) is 0.333. The summed E-state index contributed by atoms with van der Waals surface area (Å²) in [6.07, 6.45) is 6.81. The van der Waals surface area contributed by atoms with Crippen LogP contribution in [-0.2, 0) is 0 Å². The first kappa shape index (κ1) is 14.1. The molecule has 1 aromatic carbocycles. The van der Waals surface area contributed by atoms with Crippen LogP contribution in [0, 0.1) is 24.0 Å². The van der Waals surface area contributed by atoms with E-state index in [0.29, 0.717) is 23.7 Å². The molecule has 1 aromatic rings. The first-order valence-corrected chi connectivity index (χ1v) is 5.93. The zero-order chi connectivity index (χ0) is 12.8. The second-order valence-corrected chi connectivity index (χ2v) is 4.51. The molecule has 0 radical (unpaired) electrons. The molecule has 0 saturated carbocycles. The minimum absolute atomic E-state index is 0.0484. The van der Waals surface area contributed by atoms with Gasteiger partial charge in [0.2, 0.25) is 0 Å². The smallest absolute Gasteiger partial charge is 0.132 e. The maximum Gasteiger partial charge on any atom is 0.132 e. The van der Waals surface area contributed by atoms with E-state index in [0.717, 1.165) is 0 Å². The fourth-order valence-corrected chi connectivity index (χ4v) is 2.01. The van der Waals surface area contributed by atoms with Gasteiger partial charge in [0.1, 0.15) is 11.6 Å². The molecule has 1 atom stereocenters. The minimum atomic E-state index is -0.625. The molecule has 0 fully saturated rings. The molecule has 1 unspecified atom stereocenters. The van der Waals surface area contributed by atoms with Crippen LogP contribution in [0.25, 0.3) is 0 Å². The highest BCUT2D eigenvalue weighted by atomic mass is 79.9. The Hall–Kier alpha value is -0.960. The highest BCUT2D eigenvalue weighted by Gasteiger charge is 2.19. The van der Waals surface area contributed by atoms with Crippen LogP contribution in [0.2, 0.25) is 0 Å². The Labute approximate surface area is 108 Å². The molecule has 0 saturated heterocycles. The number of terminal acetylenes is 1. The number of halogens is 3. The van der Waals surface area contributed by atoms with Crippen LogP contribution in [-0.4, -0.2) is 0 Å². The van der Waals surface area contributed by atoms with Gasteiger partial charge in [0.15, 0.2) is 0 Å². The molecule has 0 aliphatic rings. The largest absolute Gasteiger partial charge is 0.271 e. The normalized spacial score (nSPS) is 12.2. The maximum atomic E-state index is 13.7. The van der Waals surface area contributed by atoms with Gasteiger partial charge in [0.05, 0.1) is 6.04 Å². The predicted octanol–water partition coefficient (Wildman–Crippen LogP) is 3.04. The van der Waals surface area contributed by atoms with Gasteiger partial charge in [-0.3, -0.25) is 11.3 Å². The van der Waals surface area contributed by atoms with Crippen LogP contribution >= 0.6 is 15.9 Å². The SMILES string of the molecule is C#CCCCC(NN)c1c(F)cc(Br)cc1F. The number of rotatable bonds is 5. The number of benzene rings is 1. The lowest BCUT2D eigenvalue weighted by Crippen LogP contribution is -2.29. The summed E-state index contributed by atoms with van der Waals surface area (Å²) in [4.78, 5) is 0. The molecule has 17 heavy (non-hydrogen) atoms. The number of unbranched alkanes of at least 4 members (excludes halogenated alkanes) is 1. The van der Waals surface area contributed by atoms with E-state index < -0.39 is 17.7 Å². The van der Waals surface area contributed by atoms with E-state index in [1.54, 1.807) is 0 Å². The van der Waals surface area contributed by atoms with Crippen LogP contribution in [0.3, 0.4) is 0 Å². The van der Waals surface area contributed by atoms with Crippen molar-refractivity contribution in [2.24, 2.45) is 5.84 Å². The Morgan fingerprint density at radius 2 is 2.00 bits per heavy atom. The molecule has 0 aliphatic carbocycles. The molecule has 92 valence electrons. The van der Waals surface area contributed by atoms with Crippen molar-refractivity contribution >= 4 is 15.9 Å². The summed E-state index contributed by atoms with van der Waals surface area (Å²) in [5, 5.41) is 0. The van der Waals surface area contributed by atoms with Crippen LogP contribution in [0.4, 0.5) is 8.78 Å². The predicted molar refractivity (Wildman–Crippen MR) is 66.8 cm³/mol. The number of nitrogens with two attached hydrogens (primary N) is 1. The number of nitrogens with one attached hydrogen (secondary N) is 1. The average Bonchev–Trinajstić information content (AvgIpc) is 2.25. The van der Waals surface area contributed by atoms with Gasteiger partial charge in [-0.15, -0.1) is 12.3 Å². The molecule has 3 N–H and O–H groups in total. The summed E-state index contributed by atoms with van der Waals surface area (Å²) < 4.78 is 27.7. The standard InChI is InChI=1S/C12H13BrF2N2/c1-2-3-4-5-11(17-16)12-9(14)6-8(13)7-10(12)15/h1,6-7,11,17H,3-5,16H2. The van der Waals surface area contributed by atoms with E-state index in [2.05, 4.69) is 27.3 Å². The van der Waals surface area contributed by atoms with Crippen LogP contribution in [0.5, 0.6) is 0 Å². The van der Waals surface area contributed by atoms with Gasteiger partial charge < -0.3 is 0 Å². The molecule has 1 rings (SSSR count). The van der Waals surface area contributed by atoms with Crippen molar-refractivity contribution < 1.29 is 8.78 Å². The maximum absolute atomic E-state index is 13.7. The van der Waals surface area contributed by atoms with Crippen LogP contribution in [0.15, 0.2) is 16.6 Å². The van der Waals surface area contributed by atoms with E-state index in [1.807, 2.05) is 0 Å². The van der Waals surface area contributed by atoms with Crippen molar-refractivity contribution in [1.29, 1.82) is 0 Å². The second-order valence-electron chi connectivity index (χ2n) is 3.60. The summed E-state index contributed by atoms with van der Waals surface area (Å²) in [7, 11) is 0. The second kappa shape index (κ2) is 6.70. The minimum Gasteiger partial charge on any atom is -0.271 e. The topological polar surface area (TPSA) is 38.0 Å². The average molecular weight is 303 g/mol. The highest BCUT2D eigenvalue weighted by Crippen LogP contribution is 2.27. The number of hydrogen-bond acceptors (Lipinski definition) is 2. The van der Waals surface area contributed by atoms with Gasteiger partial charge >= 0.3 is 0 Å². The first-order valence-electron chi connectivity index (χ1n) is 5.14. The zero-order valence-electron chi connectivity index (χ0n) is 9.14.